The molecule has 4 unspecified atom stereocenters. The van der Waals surface area contributed by atoms with E-state index in [1.165, 1.54) is 57.4 Å². The fourth-order valence-electron chi connectivity index (χ4n) is 8.72. The maximum Gasteiger partial charge on any atom is 0.303 e. The zero-order valence-electron chi connectivity index (χ0n) is 21.4. The van der Waals surface area contributed by atoms with E-state index in [4.69, 9.17) is 4.74 Å². The van der Waals surface area contributed by atoms with Crippen molar-refractivity contribution in [3.8, 4) is 0 Å². The third-order valence-corrected chi connectivity index (χ3v) is 10.4. The van der Waals surface area contributed by atoms with Gasteiger partial charge in [0, 0.05) is 19.3 Å². The molecule has 0 aliphatic heterocycles. The van der Waals surface area contributed by atoms with Gasteiger partial charge < -0.3 is 4.74 Å². The molecule has 0 bridgehead atoms. The summed E-state index contributed by atoms with van der Waals surface area (Å²) in [6.45, 7) is 13.6. The Bertz CT molecular complexity index is 766. The molecule has 0 aromatic rings. The maximum atomic E-state index is 13.6. The fraction of sp³-hybridized carbons (Fsp3) is 0.862. The minimum atomic E-state index is -0.219. The molecule has 0 saturated heterocycles. The number of allylic oxidation sites excluding steroid dienone is 1. The lowest BCUT2D eigenvalue weighted by Gasteiger charge is -2.58. The van der Waals surface area contributed by atoms with Gasteiger partial charge in [-0.2, -0.15) is 0 Å². The molecule has 0 N–H and O–H groups in total. The molecular formula is C29H46O3. The van der Waals surface area contributed by atoms with E-state index in [1.54, 1.807) is 0 Å². The summed E-state index contributed by atoms with van der Waals surface area (Å²) in [5, 5.41) is 0. The molecule has 0 amide bonds. The summed E-state index contributed by atoms with van der Waals surface area (Å²) >= 11 is 0. The molecule has 3 fully saturated rings. The topological polar surface area (TPSA) is 43.4 Å². The van der Waals surface area contributed by atoms with Crippen molar-refractivity contribution < 1.29 is 14.3 Å². The summed E-state index contributed by atoms with van der Waals surface area (Å²) in [7, 11) is 0. The van der Waals surface area contributed by atoms with Gasteiger partial charge in [-0.15, -0.1) is 0 Å². The number of ether oxygens (including phenoxy) is 1. The lowest BCUT2D eigenvalue weighted by molar-refractivity contribution is -0.146. The van der Waals surface area contributed by atoms with Crippen molar-refractivity contribution in [3.05, 3.63) is 11.6 Å². The normalized spacial score (nSPS) is 42.0. The first-order valence-electron chi connectivity index (χ1n) is 13.5. The number of hydrogen-bond acceptors (Lipinski definition) is 3. The van der Waals surface area contributed by atoms with Gasteiger partial charge in [0.15, 0.2) is 0 Å². The quantitative estimate of drug-likeness (QED) is 0.324. The minimum absolute atomic E-state index is 0.109. The number of carbonyl (C=O) groups excluding carboxylic acids is 2. The van der Waals surface area contributed by atoms with E-state index >= 15 is 0 Å². The third kappa shape index (κ3) is 4.11. The molecular weight excluding hydrogens is 396 g/mol. The second-order valence-corrected chi connectivity index (χ2v) is 12.7. The molecule has 0 aromatic heterocycles. The van der Waals surface area contributed by atoms with Crippen LogP contribution < -0.4 is 0 Å². The molecule has 0 radical (unpaired) electrons. The summed E-state index contributed by atoms with van der Waals surface area (Å²) in [5.74, 6) is 3.88. The van der Waals surface area contributed by atoms with Gasteiger partial charge in [0.05, 0.1) is 0 Å². The first-order valence-corrected chi connectivity index (χ1v) is 13.5. The van der Waals surface area contributed by atoms with Gasteiger partial charge in [0.2, 0.25) is 0 Å². The standard InChI is InChI=1S/C29H46O3/c1-18(2)8-7-9-19(3)23-10-11-24-27-25(13-15-29(23,24)6)28(5)14-12-22(32-20(4)30)16-21(28)17-26(27)31/h16,18-19,22-25,27H,7-15,17H2,1-6H3/t19-,22+,23?,24?,25?,27?,28+,29-/m1/s1. The van der Waals surface area contributed by atoms with Crippen molar-refractivity contribution in [3.63, 3.8) is 0 Å². The minimum Gasteiger partial charge on any atom is -0.458 e. The van der Waals surface area contributed by atoms with Crippen LogP contribution in [0.3, 0.4) is 0 Å². The summed E-state index contributed by atoms with van der Waals surface area (Å²) in [6.07, 6.45) is 13.6. The van der Waals surface area contributed by atoms with Crippen molar-refractivity contribution in [2.45, 2.75) is 112 Å². The van der Waals surface area contributed by atoms with Crippen LogP contribution >= 0.6 is 0 Å². The van der Waals surface area contributed by atoms with Crippen LogP contribution in [0.5, 0.6) is 0 Å². The Morgan fingerprint density at radius 1 is 1.06 bits per heavy atom. The molecule has 32 heavy (non-hydrogen) atoms. The molecule has 3 heteroatoms. The molecule has 3 nitrogen and oxygen atoms in total. The fourth-order valence-corrected chi connectivity index (χ4v) is 8.72. The van der Waals surface area contributed by atoms with Crippen LogP contribution in [-0.2, 0) is 14.3 Å². The molecule has 0 heterocycles. The second kappa shape index (κ2) is 8.91. The highest BCUT2D eigenvalue weighted by Crippen LogP contribution is 2.67. The van der Waals surface area contributed by atoms with Crippen LogP contribution in [0.4, 0.5) is 0 Å². The Labute approximate surface area is 196 Å². The van der Waals surface area contributed by atoms with E-state index in [0.717, 1.165) is 30.6 Å². The maximum absolute atomic E-state index is 13.6. The molecule has 8 atom stereocenters. The zero-order valence-corrected chi connectivity index (χ0v) is 21.4. The van der Waals surface area contributed by atoms with Gasteiger partial charge in [0.1, 0.15) is 11.9 Å². The van der Waals surface area contributed by atoms with Gasteiger partial charge in [-0.05, 0) is 85.0 Å². The van der Waals surface area contributed by atoms with Crippen molar-refractivity contribution in [2.75, 3.05) is 0 Å². The average molecular weight is 443 g/mol. The van der Waals surface area contributed by atoms with E-state index in [9.17, 15) is 9.59 Å². The number of esters is 1. The molecule has 4 rings (SSSR count). The van der Waals surface area contributed by atoms with Crippen LogP contribution in [0, 0.1) is 46.3 Å². The Kier molecular flexibility index (Phi) is 6.69. The zero-order chi connectivity index (χ0) is 23.3. The van der Waals surface area contributed by atoms with Crippen LogP contribution in [0.1, 0.15) is 106 Å². The molecule has 4 aliphatic carbocycles. The Morgan fingerprint density at radius 2 is 1.81 bits per heavy atom. The highest BCUT2D eigenvalue weighted by molar-refractivity contribution is 5.86. The van der Waals surface area contributed by atoms with Gasteiger partial charge >= 0.3 is 5.97 Å². The lowest BCUT2D eigenvalue weighted by Crippen LogP contribution is -2.54. The van der Waals surface area contributed by atoms with Crippen molar-refractivity contribution >= 4 is 11.8 Å². The van der Waals surface area contributed by atoms with Gasteiger partial charge in [-0.3, -0.25) is 9.59 Å². The smallest absolute Gasteiger partial charge is 0.303 e. The summed E-state index contributed by atoms with van der Waals surface area (Å²) in [5.41, 5.74) is 1.71. The van der Waals surface area contributed by atoms with Gasteiger partial charge in [-0.25, -0.2) is 0 Å². The monoisotopic (exact) mass is 442 g/mol. The van der Waals surface area contributed by atoms with E-state index < -0.39 is 0 Å². The van der Waals surface area contributed by atoms with Gasteiger partial charge in [0.25, 0.3) is 0 Å². The van der Waals surface area contributed by atoms with Crippen LogP contribution in [0.2, 0.25) is 0 Å². The molecule has 0 spiro atoms. The van der Waals surface area contributed by atoms with E-state index in [-0.39, 0.29) is 23.4 Å². The SMILES string of the molecule is CC(=O)O[C@@H]1C=C2CC(=O)C3C4CCC([C@H](C)CCCC(C)C)[C@@]4(C)CCC3[C@@]2(C)CC1. The molecule has 180 valence electrons. The van der Waals surface area contributed by atoms with Crippen LogP contribution in [0.25, 0.3) is 0 Å². The summed E-state index contributed by atoms with van der Waals surface area (Å²) < 4.78 is 5.50. The molecule has 0 aromatic carbocycles. The first-order chi connectivity index (χ1) is 15.1. The third-order valence-electron chi connectivity index (χ3n) is 10.4. The van der Waals surface area contributed by atoms with Crippen molar-refractivity contribution in [1.82, 2.24) is 0 Å². The Hall–Kier alpha value is -1.12. The lowest BCUT2D eigenvalue weighted by atomic mass is 9.46. The molecule has 4 aliphatic rings. The summed E-state index contributed by atoms with van der Waals surface area (Å²) in [6, 6.07) is 0. The number of fused-ring (bicyclic) bond motifs is 5. The predicted molar refractivity (Wildman–Crippen MR) is 129 cm³/mol. The van der Waals surface area contributed by atoms with Crippen molar-refractivity contribution in [2.24, 2.45) is 46.3 Å². The first kappa shape index (κ1) is 24.0. The van der Waals surface area contributed by atoms with Gasteiger partial charge in [-0.1, -0.05) is 59.5 Å². The highest BCUT2D eigenvalue weighted by Gasteiger charge is 2.61. The number of rotatable bonds is 6. The largest absolute Gasteiger partial charge is 0.458 e. The van der Waals surface area contributed by atoms with Crippen LogP contribution in [0.15, 0.2) is 11.6 Å². The Morgan fingerprint density at radius 3 is 2.50 bits per heavy atom. The predicted octanol–water partition coefficient (Wildman–Crippen LogP) is 7.14. The van der Waals surface area contributed by atoms with Crippen molar-refractivity contribution in [1.29, 1.82) is 0 Å². The van der Waals surface area contributed by atoms with E-state index in [0.29, 0.717) is 29.5 Å². The molecule has 3 saturated carbocycles. The second-order valence-electron chi connectivity index (χ2n) is 12.7. The highest BCUT2D eigenvalue weighted by atomic mass is 16.5. The average Bonchev–Trinajstić information content (AvgIpc) is 3.05. The van der Waals surface area contributed by atoms with E-state index in [2.05, 4.69) is 40.7 Å². The van der Waals surface area contributed by atoms with E-state index in [1.807, 2.05) is 0 Å². The number of hydrogen-bond donors (Lipinski definition) is 0. The number of carbonyl (C=O) groups is 2. The Balaban J connectivity index is 1.52. The van der Waals surface area contributed by atoms with Crippen LogP contribution in [-0.4, -0.2) is 17.9 Å². The summed E-state index contributed by atoms with van der Waals surface area (Å²) in [4.78, 5) is 25.1. The number of Topliss-reactive ketones (excluding diaryl/α,β-unsaturated/α-hetero) is 1. The number of ketones is 1.